The van der Waals surface area contributed by atoms with Crippen LogP contribution in [-0.4, -0.2) is 45.2 Å². The van der Waals surface area contributed by atoms with Crippen molar-refractivity contribution >= 4 is 5.69 Å². The van der Waals surface area contributed by atoms with Crippen molar-refractivity contribution in [3.8, 4) is 0 Å². The van der Waals surface area contributed by atoms with Crippen LogP contribution in [0.3, 0.4) is 0 Å². The van der Waals surface area contributed by atoms with Gasteiger partial charge in [-0.25, -0.2) is 0 Å². The topological polar surface area (TPSA) is 18.5 Å². The molecule has 1 aliphatic heterocycles. The van der Waals surface area contributed by atoms with Crippen molar-refractivity contribution in [2.75, 3.05) is 39.1 Å². The van der Waals surface area contributed by atoms with Gasteiger partial charge in [-0.2, -0.15) is 0 Å². The third kappa shape index (κ3) is 2.85. The second kappa shape index (κ2) is 5.72. The first-order valence-electron chi connectivity index (χ1n) is 6.80. The first-order chi connectivity index (χ1) is 8.61. The van der Waals surface area contributed by atoms with Crippen molar-refractivity contribution in [2.24, 2.45) is 0 Å². The van der Waals surface area contributed by atoms with E-state index in [1.165, 1.54) is 24.2 Å². The minimum absolute atomic E-state index is 0.513. The van der Waals surface area contributed by atoms with Crippen LogP contribution in [0.15, 0.2) is 24.3 Å². The van der Waals surface area contributed by atoms with Crippen LogP contribution in [0.25, 0.3) is 0 Å². The second-order valence-electron chi connectivity index (χ2n) is 5.43. The highest BCUT2D eigenvalue weighted by Gasteiger charge is 2.25. The molecule has 0 aromatic heterocycles. The molecular formula is C15H25N3. The van der Waals surface area contributed by atoms with Crippen LogP contribution in [-0.2, 0) is 0 Å². The molecule has 100 valence electrons. The highest BCUT2D eigenvalue weighted by molar-refractivity contribution is 5.46. The maximum Gasteiger partial charge on any atom is 0.0361 e. The molecule has 0 bridgehead atoms. The van der Waals surface area contributed by atoms with E-state index < -0.39 is 0 Å². The van der Waals surface area contributed by atoms with E-state index in [1.54, 1.807) is 0 Å². The lowest BCUT2D eigenvalue weighted by atomic mass is 10.1. The molecule has 1 aromatic rings. The summed E-state index contributed by atoms with van der Waals surface area (Å²) < 4.78 is 0. The van der Waals surface area contributed by atoms with Gasteiger partial charge >= 0.3 is 0 Å². The Morgan fingerprint density at radius 3 is 2.44 bits per heavy atom. The summed E-state index contributed by atoms with van der Waals surface area (Å²) in [7, 11) is 6.22. The smallest absolute Gasteiger partial charge is 0.0361 e. The van der Waals surface area contributed by atoms with Gasteiger partial charge < -0.3 is 10.2 Å². The molecule has 18 heavy (non-hydrogen) atoms. The summed E-state index contributed by atoms with van der Waals surface area (Å²) in [5.41, 5.74) is 2.68. The highest BCUT2D eigenvalue weighted by Crippen LogP contribution is 2.26. The van der Waals surface area contributed by atoms with Gasteiger partial charge in [-0.1, -0.05) is 12.1 Å². The number of nitrogens with zero attached hydrogens (tertiary/aromatic N) is 2. The van der Waals surface area contributed by atoms with Gasteiger partial charge in [0.15, 0.2) is 0 Å². The fourth-order valence-electron chi connectivity index (χ4n) is 2.64. The van der Waals surface area contributed by atoms with Crippen molar-refractivity contribution < 1.29 is 0 Å². The largest absolute Gasteiger partial charge is 0.378 e. The van der Waals surface area contributed by atoms with Crippen LogP contribution < -0.4 is 10.2 Å². The Balaban J connectivity index is 2.02. The molecule has 1 heterocycles. The normalized spacial score (nSPS) is 22.1. The van der Waals surface area contributed by atoms with E-state index in [1.807, 2.05) is 0 Å². The molecule has 1 aromatic carbocycles. The Hall–Kier alpha value is -1.06. The summed E-state index contributed by atoms with van der Waals surface area (Å²) >= 11 is 0. The summed E-state index contributed by atoms with van der Waals surface area (Å²) in [5, 5.41) is 3.38. The summed E-state index contributed by atoms with van der Waals surface area (Å²) in [5.74, 6) is 0. The molecule has 0 spiro atoms. The monoisotopic (exact) mass is 247 g/mol. The SMILES string of the molecule is CNC1CCN(C(C)c2ccc(N(C)C)cc2)C1. The van der Waals surface area contributed by atoms with Gasteiger partial charge in [0.05, 0.1) is 0 Å². The minimum Gasteiger partial charge on any atom is -0.378 e. The zero-order valence-corrected chi connectivity index (χ0v) is 12.0. The summed E-state index contributed by atoms with van der Waals surface area (Å²) in [6, 6.07) is 10.1. The van der Waals surface area contributed by atoms with Crippen molar-refractivity contribution in [1.82, 2.24) is 10.2 Å². The standard InChI is InChI=1S/C15H25N3/c1-12(18-10-9-14(11-18)16-2)13-5-7-15(8-6-13)17(3)4/h5-8,12,14,16H,9-11H2,1-4H3. The first-order valence-corrected chi connectivity index (χ1v) is 6.80. The predicted octanol–water partition coefficient (Wildman–Crippen LogP) is 2.11. The van der Waals surface area contributed by atoms with Crippen LogP contribution in [0.5, 0.6) is 0 Å². The van der Waals surface area contributed by atoms with E-state index in [4.69, 9.17) is 0 Å². The van der Waals surface area contributed by atoms with E-state index in [-0.39, 0.29) is 0 Å². The van der Waals surface area contributed by atoms with Crippen LogP contribution in [0, 0.1) is 0 Å². The average Bonchev–Trinajstić information content (AvgIpc) is 2.86. The second-order valence-corrected chi connectivity index (χ2v) is 5.43. The van der Waals surface area contributed by atoms with E-state index >= 15 is 0 Å². The zero-order valence-electron chi connectivity index (χ0n) is 12.0. The maximum absolute atomic E-state index is 3.38. The lowest BCUT2D eigenvalue weighted by Crippen LogP contribution is -2.31. The fourth-order valence-corrected chi connectivity index (χ4v) is 2.64. The summed E-state index contributed by atoms with van der Waals surface area (Å²) in [6.07, 6.45) is 1.26. The Labute approximate surface area is 111 Å². The Bertz CT molecular complexity index is 372. The Morgan fingerprint density at radius 2 is 1.94 bits per heavy atom. The van der Waals surface area contributed by atoms with Crippen LogP contribution in [0.2, 0.25) is 0 Å². The summed E-state index contributed by atoms with van der Waals surface area (Å²) in [6.45, 7) is 4.66. The number of anilines is 1. The molecule has 2 atom stereocenters. The number of benzene rings is 1. The van der Waals surface area contributed by atoms with Crippen molar-refractivity contribution in [3.63, 3.8) is 0 Å². The molecule has 0 saturated carbocycles. The lowest BCUT2D eigenvalue weighted by Gasteiger charge is -2.25. The Morgan fingerprint density at radius 1 is 1.28 bits per heavy atom. The number of likely N-dealkylation sites (tertiary alicyclic amines) is 1. The van der Waals surface area contributed by atoms with Crippen molar-refractivity contribution in [2.45, 2.75) is 25.4 Å². The van der Waals surface area contributed by atoms with Gasteiger partial charge in [-0.15, -0.1) is 0 Å². The minimum atomic E-state index is 0.513. The molecule has 2 rings (SSSR count). The fraction of sp³-hybridized carbons (Fsp3) is 0.600. The lowest BCUT2D eigenvalue weighted by molar-refractivity contribution is 0.257. The summed E-state index contributed by atoms with van der Waals surface area (Å²) in [4.78, 5) is 4.70. The Kier molecular flexibility index (Phi) is 4.25. The first kappa shape index (κ1) is 13.4. The highest BCUT2D eigenvalue weighted by atomic mass is 15.2. The number of likely N-dealkylation sites (N-methyl/N-ethyl adjacent to an activating group) is 1. The zero-order chi connectivity index (χ0) is 13.1. The predicted molar refractivity (Wildman–Crippen MR) is 78.2 cm³/mol. The molecule has 0 aliphatic carbocycles. The molecule has 0 radical (unpaired) electrons. The molecule has 1 aliphatic rings. The molecule has 1 saturated heterocycles. The van der Waals surface area contributed by atoms with Crippen LogP contribution in [0.1, 0.15) is 24.9 Å². The maximum atomic E-state index is 3.38. The average molecular weight is 247 g/mol. The molecule has 3 heteroatoms. The third-order valence-electron chi connectivity index (χ3n) is 4.07. The van der Waals surface area contributed by atoms with Crippen LogP contribution in [0.4, 0.5) is 5.69 Å². The van der Waals surface area contributed by atoms with E-state index in [2.05, 4.69) is 67.4 Å². The molecule has 2 unspecified atom stereocenters. The van der Waals surface area contributed by atoms with Gasteiger partial charge in [0.2, 0.25) is 0 Å². The van der Waals surface area contributed by atoms with E-state index in [0.29, 0.717) is 12.1 Å². The van der Waals surface area contributed by atoms with Gasteiger partial charge in [0, 0.05) is 45.0 Å². The van der Waals surface area contributed by atoms with E-state index in [0.717, 1.165) is 6.54 Å². The van der Waals surface area contributed by atoms with Crippen molar-refractivity contribution in [1.29, 1.82) is 0 Å². The van der Waals surface area contributed by atoms with Gasteiger partial charge in [0.25, 0.3) is 0 Å². The quantitative estimate of drug-likeness (QED) is 0.879. The van der Waals surface area contributed by atoms with Crippen molar-refractivity contribution in [3.05, 3.63) is 29.8 Å². The number of hydrogen-bond acceptors (Lipinski definition) is 3. The van der Waals surface area contributed by atoms with Gasteiger partial charge in [0.1, 0.15) is 0 Å². The molecule has 1 N–H and O–H groups in total. The van der Waals surface area contributed by atoms with Gasteiger partial charge in [-0.05, 0) is 38.1 Å². The molecule has 3 nitrogen and oxygen atoms in total. The molecule has 1 fully saturated rings. The number of nitrogens with one attached hydrogen (secondary N) is 1. The van der Waals surface area contributed by atoms with Gasteiger partial charge in [-0.3, -0.25) is 4.90 Å². The van der Waals surface area contributed by atoms with E-state index in [9.17, 15) is 0 Å². The van der Waals surface area contributed by atoms with Crippen LogP contribution >= 0.6 is 0 Å². The molecule has 0 amide bonds. The number of hydrogen-bond donors (Lipinski definition) is 1. The number of rotatable bonds is 4. The third-order valence-corrected chi connectivity index (χ3v) is 4.07. The molecular weight excluding hydrogens is 222 g/mol.